The zero-order valence-corrected chi connectivity index (χ0v) is 13.4. The predicted octanol–water partition coefficient (Wildman–Crippen LogP) is 1.28. The summed E-state index contributed by atoms with van der Waals surface area (Å²) in [5, 5.41) is 7.26. The van der Waals surface area contributed by atoms with Gasteiger partial charge in [0.1, 0.15) is 0 Å². The molecule has 0 saturated carbocycles. The van der Waals surface area contributed by atoms with Gasteiger partial charge in [0.2, 0.25) is 5.91 Å². The van der Waals surface area contributed by atoms with Crippen LogP contribution in [0.1, 0.15) is 18.4 Å². The summed E-state index contributed by atoms with van der Waals surface area (Å²) in [6.45, 7) is 1.53. The fraction of sp³-hybridized carbons (Fsp3) is 0.353. The van der Waals surface area contributed by atoms with Crippen molar-refractivity contribution in [3.05, 3.63) is 48.3 Å². The molecule has 3 rings (SSSR count). The third kappa shape index (κ3) is 3.73. The number of amides is 3. The number of benzene rings is 1. The molecule has 0 radical (unpaired) electrons. The molecule has 1 fully saturated rings. The molecule has 0 unspecified atom stereocenters. The summed E-state index contributed by atoms with van der Waals surface area (Å²) in [7, 11) is 0. The van der Waals surface area contributed by atoms with E-state index >= 15 is 0 Å². The van der Waals surface area contributed by atoms with Crippen LogP contribution in [0.15, 0.2) is 42.7 Å². The second-order valence-electron chi connectivity index (χ2n) is 5.95. The Balaban J connectivity index is 1.50. The molecule has 1 aliphatic rings. The molecule has 0 aliphatic carbocycles. The molecule has 1 aliphatic heterocycles. The van der Waals surface area contributed by atoms with E-state index in [9.17, 15) is 9.59 Å². The fourth-order valence-corrected chi connectivity index (χ4v) is 2.87. The SMILES string of the molecule is NC(=O)N1CCC(C(=O)NCc2cnn(-c3ccccc3)c2)CC1. The number of nitrogens with two attached hydrogens (primary N) is 1. The first-order valence-electron chi connectivity index (χ1n) is 8.04. The van der Waals surface area contributed by atoms with Crippen molar-refractivity contribution < 1.29 is 9.59 Å². The number of rotatable bonds is 4. The molecule has 3 N–H and O–H groups in total. The topological polar surface area (TPSA) is 93.2 Å². The average Bonchev–Trinajstić information content (AvgIpc) is 3.09. The third-order valence-electron chi connectivity index (χ3n) is 4.30. The number of carbonyl (C=O) groups is 2. The highest BCUT2D eigenvalue weighted by atomic mass is 16.2. The second-order valence-corrected chi connectivity index (χ2v) is 5.95. The van der Waals surface area contributed by atoms with Gasteiger partial charge in [-0.25, -0.2) is 9.48 Å². The number of para-hydroxylation sites is 1. The molecule has 1 saturated heterocycles. The van der Waals surface area contributed by atoms with E-state index < -0.39 is 6.03 Å². The number of hydrogen-bond donors (Lipinski definition) is 2. The normalized spacial score (nSPS) is 15.2. The van der Waals surface area contributed by atoms with Gasteiger partial charge >= 0.3 is 6.03 Å². The maximum absolute atomic E-state index is 12.3. The van der Waals surface area contributed by atoms with Crippen LogP contribution in [-0.4, -0.2) is 39.7 Å². The van der Waals surface area contributed by atoms with E-state index in [1.54, 1.807) is 15.8 Å². The van der Waals surface area contributed by atoms with Gasteiger partial charge in [0.25, 0.3) is 0 Å². The van der Waals surface area contributed by atoms with Gasteiger partial charge in [-0.2, -0.15) is 5.10 Å². The van der Waals surface area contributed by atoms with Gasteiger partial charge in [-0.15, -0.1) is 0 Å². The van der Waals surface area contributed by atoms with Gasteiger partial charge in [-0.3, -0.25) is 4.79 Å². The number of piperidine rings is 1. The van der Waals surface area contributed by atoms with E-state index in [1.807, 2.05) is 36.5 Å². The van der Waals surface area contributed by atoms with E-state index in [0.29, 0.717) is 32.5 Å². The number of carbonyl (C=O) groups excluding carboxylic acids is 2. The van der Waals surface area contributed by atoms with E-state index in [2.05, 4.69) is 10.4 Å². The first-order chi connectivity index (χ1) is 11.6. The van der Waals surface area contributed by atoms with Crippen LogP contribution in [0.3, 0.4) is 0 Å². The highest BCUT2D eigenvalue weighted by molar-refractivity contribution is 5.79. The molecule has 2 aromatic rings. The molecule has 0 atom stereocenters. The van der Waals surface area contributed by atoms with Crippen molar-refractivity contribution in [2.75, 3.05) is 13.1 Å². The Hall–Kier alpha value is -2.83. The first kappa shape index (κ1) is 16.0. The van der Waals surface area contributed by atoms with Gasteiger partial charge in [-0.05, 0) is 25.0 Å². The minimum absolute atomic E-state index is 0.0200. The van der Waals surface area contributed by atoms with Crippen LogP contribution < -0.4 is 11.1 Å². The van der Waals surface area contributed by atoms with Crippen molar-refractivity contribution in [1.82, 2.24) is 20.0 Å². The lowest BCUT2D eigenvalue weighted by Crippen LogP contribution is -2.44. The van der Waals surface area contributed by atoms with Crippen LogP contribution in [0.5, 0.6) is 0 Å². The van der Waals surface area contributed by atoms with Crippen LogP contribution in [-0.2, 0) is 11.3 Å². The Labute approximate surface area is 140 Å². The largest absolute Gasteiger partial charge is 0.352 e. The Morgan fingerprint density at radius 3 is 2.58 bits per heavy atom. The smallest absolute Gasteiger partial charge is 0.314 e. The zero-order chi connectivity index (χ0) is 16.9. The molecule has 1 aromatic carbocycles. The number of likely N-dealkylation sites (tertiary alicyclic amines) is 1. The maximum atomic E-state index is 12.3. The Morgan fingerprint density at radius 2 is 1.92 bits per heavy atom. The van der Waals surface area contributed by atoms with Crippen LogP contribution in [0.4, 0.5) is 4.79 Å². The summed E-state index contributed by atoms with van der Waals surface area (Å²) in [4.78, 5) is 24.9. The average molecular weight is 327 g/mol. The standard InChI is InChI=1S/C17H21N5O2/c18-17(24)21-8-6-14(7-9-21)16(23)19-10-13-11-20-22(12-13)15-4-2-1-3-5-15/h1-5,11-12,14H,6-10H2,(H2,18,24)(H,19,23). The van der Waals surface area contributed by atoms with Crippen molar-refractivity contribution in [2.45, 2.75) is 19.4 Å². The van der Waals surface area contributed by atoms with E-state index in [4.69, 9.17) is 5.73 Å². The lowest BCUT2D eigenvalue weighted by Gasteiger charge is -2.29. The lowest BCUT2D eigenvalue weighted by molar-refractivity contribution is -0.126. The number of aromatic nitrogens is 2. The molecule has 7 heteroatoms. The minimum Gasteiger partial charge on any atom is -0.352 e. The maximum Gasteiger partial charge on any atom is 0.314 e. The van der Waals surface area contributed by atoms with Gasteiger partial charge in [-0.1, -0.05) is 18.2 Å². The lowest BCUT2D eigenvalue weighted by atomic mass is 9.96. The van der Waals surface area contributed by atoms with Gasteiger partial charge in [0.05, 0.1) is 11.9 Å². The molecule has 3 amide bonds. The highest BCUT2D eigenvalue weighted by Gasteiger charge is 2.26. The summed E-state index contributed by atoms with van der Waals surface area (Å²) in [5.74, 6) is -0.0450. The second kappa shape index (κ2) is 7.16. The number of urea groups is 1. The molecule has 7 nitrogen and oxygen atoms in total. The van der Waals surface area contributed by atoms with E-state index in [0.717, 1.165) is 11.3 Å². The van der Waals surface area contributed by atoms with Crippen molar-refractivity contribution in [3.8, 4) is 5.69 Å². The Bertz CT molecular complexity index is 705. The van der Waals surface area contributed by atoms with Crippen molar-refractivity contribution >= 4 is 11.9 Å². The quantitative estimate of drug-likeness (QED) is 0.886. The zero-order valence-electron chi connectivity index (χ0n) is 13.4. The third-order valence-corrected chi connectivity index (χ3v) is 4.30. The van der Waals surface area contributed by atoms with Crippen LogP contribution in [0.25, 0.3) is 5.69 Å². The monoisotopic (exact) mass is 327 g/mol. The Morgan fingerprint density at radius 1 is 1.21 bits per heavy atom. The van der Waals surface area contributed by atoms with Crippen LogP contribution in [0.2, 0.25) is 0 Å². The molecule has 126 valence electrons. The van der Waals surface area contributed by atoms with E-state index in [-0.39, 0.29) is 11.8 Å². The van der Waals surface area contributed by atoms with Crippen molar-refractivity contribution in [3.63, 3.8) is 0 Å². The fourth-order valence-electron chi connectivity index (χ4n) is 2.87. The van der Waals surface area contributed by atoms with Crippen molar-refractivity contribution in [2.24, 2.45) is 11.7 Å². The summed E-state index contributed by atoms with van der Waals surface area (Å²) < 4.78 is 1.78. The first-order valence-corrected chi connectivity index (χ1v) is 8.04. The molecule has 1 aromatic heterocycles. The molecule has 0 bridgehead atoms. The van der Waals surface area contributed by atoms with E-state index in [1.165, 1.54) is 0 Å². The summed E-state index contributed by atoms with van der Waals surface area (Å²) in [5.41, 5.74) is 7.18. The van der Waals surface area contributed by atoms with Gasteiger partial charge in [0, 0.05) is 37.3 Å². The van der Waals surface area contributed by atoms with Crippen LogP contribution in [0, 0.1) is 5.92 Å². The number of primary amides is 1. The number of hydrogen-bond acceptors (Lipinski definition) is 3. The predicted molar refractivity (Wildman–Crippen MR) is 89.3 cm³/mol. The summed E-state index contributed by atoms with van der Waals surface area (Å²) >= 11 is 0. The summed E-state index contributed by atoms with van der Waals surface area (Å²) in [6, 6.07) is 9.40. The molecular weight excluding hydrogens is 306 g/mol. The molecule has 0 spiro atoms. The van der Waals surface area contributed by atoms with Crippen molar-refractivity contribution in [1.29, 1.82) is 0 Å². The molecule has 24 heavy (non-hydrogen) atoms. The highest BCUT2D eigenvalue weighted by Crippen LogP contribution is 2.17. The molecular formula is C17H21N5O2. The van der Waals surface area contributed by atoms with Gasteiger partial charge in [0.15, 0.2) is 0 Å². The minimum atomic E-state index is -0.415. The number of nitrogens with zero attached hydrogens (tertiary/aromatic N) is 3. The molecule has 2 heterocycles. The Kier molecular flexibility index (Phi) is 4.79. The van der Waals surface area contributed by atoms with Gasteiger partial charge < -0.3 is 16.0 Å². The summed E-state index contributed by atoms with van der Waals surface area (Å²) in [6.07, 6.45) is 4.96. The number of nitrogens with one attached hydrogen (secondary N) is 1. The van der Waals surface area contributed by atoms with Crippen LogP contribution >= 0.6 is 0 Å².